The van der Waals surface area contributed by atoms with Crippen LogP contribution in [0.2, 0.25) is 0 Å². The molecule has 2 heterocycles. The van der Waals surface area contributed by atoms with Crippen molar-refractivity contribution in [3.63, 3.8) is 0 Å². The van der Waals surface area contributed by atoms with Gasteiger partial charge in [0, 0.05) is 36.6 Å². The Kier molecular flexibility index (Phi) is 5.88. The fraction of sp³-hybridized carbons (Fsp3) is 0.243. The molecule has 9 rings (SSSR count). The van der Waals surface area contributed by atoms with Crippen LogP contribution in [0.1, 0.15) is 51.6 Å². The number of imide groups is 1. The van der Waals surface area contributed by atoms with E-state index in [1.54, 1.807) is 29.2 Å². The van der Waals surface area contributed by atoms with E-state index in [1.165, 1.54) is 4.90 Å². The third-order valence-corrected chi connectivity index (χ3v) is 9.91. The molecule has 218 valence electrons. The summed E-state index contributed by atoms with van der Waals surface area (Å²) in [7, 11) is 0. The summed E-state index contributed by atoms with van der Waals surface area (Å²) >= 11 is 0. The van der Waals surface area contributed by atoms with Crippen molar-refractivity contribution in [1.82, 2.24) is 0 Å². The topological polar surface area (TPSA) is 84.0 Å². The third kappa shape index (κ3) is 3.75. The zero-order valence-corrected chi connectivity index (χ0v) is 24.4. The largest absolute Gasteiger partial charge is 0.426 e. The van der Waals surface area contributed by atoms with Gasteiger partial charge in [-0.25, -0.2) is 4.90 Å². The summed E-state index contributed by atoms with van der Waals surface area (Å²) in [5.74, 6) is -2.87. The Hall–Kier alpha value is -5.04. The van der Waals surface area contributed by atoms with Crippen molar-refractivity contribution in [3.05, 3.63) is 124 Å². The molecule has 0 aromatic heterocycles. The van der Waals surface area contributed by atoms with Crippen LogP contribution in [0.4, 0.5) is 11.4 Å². The van der Waals surface area contributed by atoms with E-state index in [0.29, 0.717) is 5.69 Å². The normalized spacial score (nSPS) is 24.8. The number of amides is 3. The highest BCUT2D eigenvalue weighted by atomic mass is 16.5. The van der Waals surface area contributed by atoms with Crippen LogP contribution in [0.25, 0.3) is 0 Å². The van der Waals surface area contributed by atoms with E-state index in [1.807, 2.05) is 56.3 Å². The number of hydrogen-bond acceptors (Lipinski definition) is 5. The van der Waals surface area contributed by atoms with Crippen LogP contribution in [0.5, 0.6) is 5.75 Å². The lowest BCUT2D eigenvalue weighted by Gasteiger charge is -2.45. The second-order valence-corrected chi connectivity index (χ2v) is 12.3. The Balaban J connectivity index is 1.06. The average molecular weight is 583 g/mol. The molecule has 3 atom stereocenters. The van der Waals surface area contributed by atoms with Crippen LogP contribution in [-0.4, -0.2) is 30.2 Å². The van der Waals surface area contributed by atoms with Gasteiger partial charge >= 0.3 is 5.97 Å². The quantitative estimate of drug-likeness (QED) is 0.176. The number of hydrogen-bond donors (Lipinski definition) is 0. The van der Waals surface area contributed by atoms with Crippen LogP contribution >= 0.6 is 0 Å². The first-order valence-electron chi connectivity index (χ1n) is 15.1. The summed E-state index contributed by atoms with van der Waals surface area (Å²) in [5, 5.41) is 0. The van der Waals surface area contributed by atoms with Gasteiger partial charge in [-0.1, -0.05) is 72.8 Å². The molecule has 44 heavy (non-hydrogen) atoms. The molecule has 3 aliphatic carbocycles. The molecule has 2 fully saturated rings. The molecule has 5 aliphatic rings. The van der Waals surface area contributed by atoms with Crippen LogP contribution < -0.4 is 14.5 Å². The van der Waals surface area contributed by atoms with E-state index in [0.717, 1.165) is 39.1 Å². The number of benzene rings is 4. The van der Waals surface area contributed by atoms with Crippen molar-refractivity contribution in [3.8, 4) is 5.75 Å². The van der Waals surface area contributed by atoms with E-state index in [9.17, 15) is 19.2 Å². The molecule has 2 saturated heterocycles. The van der Waals surface area contributed by atoms with Crippen molar-refractivity contribution in [2.75, 3.05) is 16.3 Å². The third-order valence-electron chi connectivity index (χ3n) is 9.91. The molecule has 4 aromatic rings. The lowest BCUT2D eigenvalue weighted by atomic mass is 9.55. The molecule has 2 bridgehead atoms. The van der Waals surface area contributed by atoms with Gasteiger partial charge in [-0.15, -0.1) is 0 Å². The predicted molar refractivity (Wildman–Crippen MR) is 164 cm³/mol. The Morgan fingerprint density at radius 1 is 0.705 bits per heavy atom. The standard InChI is InChI=1S/C37H30N2O5/c1-20-9-7-10-21(2)34(20)38-19-22(17-29(38)40)37(43)44-24-12-8-11-23(18-24)39-35(41)32-30-25-13-3-4-14-26(25)31(33(32)36(39)42)28-16-6-5-15-27(28)30/h3-16,18,22,30-33H,17,19H2,1-2H3/t22-,30?,31?,32-,33+/m1/s1. The van der Waals surface area contributed by atoms with Gasteiger partial charge in [-0.05, 0) is 59.4 Å². The van der Waals surface area contributed by atoms with E-state index in [4.69, 9.17) is 4.74 Å². The lowest BCUT2D eigenvalue weighted by Crippen LogP contribution is -2.41. The average Bonchev–Trinajstić information content (AvgIpc) is 3.54. The van der Waals surface area contributed by atoms with Gasteiger partial charge in [0.2, 0.25) is 17.7 Å². The number of esters is 1. The maximum absolute atomic E-state index is 14.1. The molecule has 3 amide bonds. The zero-order chi connectivity index (χ0) is 30.3. The number of aryl methyl sites for hydroxylation is 2. The maximum Gasteiger partial charge on any atom is 0.316 e. The molecule has 0 spiro atoms. The number of rotatable bonds is 4. The Morgan fingerprint density at radius 2 is 1.23 bits per heavy atom. The number of carbonyl (C=O) groups excluding carboxylic acids is 4. The van der Waals surface area contributed by atoms with Gasteiger partial charge in [0.25, 0.3) is 0 Å². The smallest absolute Gasteiger partial charge is 0.316 e. The van der Waals surface area contributed by atoms with Crippen LogP contribution in [0.15, 0.2) is 91.0 Å². The number of nitrogens with zero attached hydrogens (tertiary/aromatic N) is 2. The van der Waals surface area contributed by atoms with E-state index >= 15 is 0 Å². The van der Waals surface area contributed by atoms with Crippen LogP contribution in [-0.2, 0) is 19.2 Å². The van der Waals surface area contributed by atoms with Crippen molar-refractivity contribution >= 4 is 35.1 Å². The summed E-state index contributed by atoms with van der Waals surface area (Å²) in [6.07, 6.45) is 0.0582. The zero-order valence-electron chi connectivity index (χ0n) is 24.4. The summed E-state index contributed by atoms with van der Waals surface area (Å²) in [6, 6.07) is 28.7. The van der Waals surface area contributed by atoms with E-state index in [2.05, 4.69) is 24.3 Å². The molecule has 7 heteroatoms. The fourth-order valence-corrected chi connectivity index (χ4v) is 8.13. The first-order chi connectivity index (χ1) is 21.3. The summed E-state index contributed by atoms with van der Waals surface area (Å²) in [6.45, 7) is 4.14. The maximum atomic E-state index is 14.1. The Morgan fingerprint density at radius 3 is 1.77 bits per heavy atom. The number of para-hydroxylation sites is 1. The molecular weight excluding hydrogens is 552 g/mol. The highest BCUT2D eigenvalue weighted by molar-refractivity contribution is 6.23. The minimum absolute atomic E-state index is 0.0582. The highest BCUT2D eigenvalue weighted by Crippen LogP contribution is 2.61. The number of anilines is 2. The van der Waals surface area contributed by atoms with Crippen molar-refractivity contribution in [1.29, 1.82) is 0 Å². The van der Waals surface area contributed by atoms with E-state index < -0.39 is 23.7 Å². The summed E-state index contributed by atoms with van der Waals surface area (Å²) < 4.78 is 5.77. The molecule has 2 aliphatic heterocycles. The predicted octanol–water partition coefficient (Wildman–Crippen LogP) is 5.66. The second kappa shape index (κ2) is 9.74. The second-order valence-electron chi connectivity index (χ2n) is 12.3. The monoisotopic (exact) mass is 582 g/mol. The van der Waals surface area contributed by atoms with Gasteiger partial charge in [0.15, 0.2) is 0 Å². The SMILES string of the molecule is Cc1cccc(C)c1N1C[C@H](C(=O)Oc2cccc(N3C(=O)[C@@H]4C5c6ccccc6C(c6ccccc65)[C@@H]4C3=O)c2)CC1=O. The first-order valence-corrected chi connectivity index (χ1v) is 15.1. The fourth-order valence-electron chi connectivity index (χ4n) is 8.13. The van der Waals surface area contributed by atoms with Crippen LogP contribution in [0, 0.1) is 31.6 Å². The van der Waals surface area contributed by atoms with Crippen molar-refractivity contribution < 1.29 is 23.9 Å². The minimum Gasteiger partial charge on any atom is -0.426 e. The van der Waals surface area contributed by atoms with Gasteiger partial charge in [-0.3, -0.25) is 19.2 Å². The van der Waals surface area contributed by atoms with Gasteiger partial charge < -0.3 is 9.64 Å². The number of ether oxygens (including phenoxy) is 1. The Labute approximate surface area is 255 Å². The van der Waals surface area contributed by atoms with Gasteiger partial charge in [-0.2, -0.15) is 0 Å². The van der Waals surface area contributed by atoms with E-state index in [-0.39, 0.29) is 48.3 Å². The molecule has 7 nitrogen and oxygen atoms in total. The molecule has 0 radical (unpaired) electrons. The van der Waals surface area contributed by atoms with Crippen molar-refractivity contribution in [2.45, 2.75) is 32.1 Å². The highest BCUT2D eigenvalue weighted by Gasteiger charge is 2.61. The number of carbonyl (C=O) groups is 4. The Bertz CT molecular complexity index is 1780. The molecule has 0 saturated carbocycles. The molecule has 0 unspecified atom stereocenters. The van der Waals surface area contributed by atoms with Gasteiger partial charge in [0.1, 0.15) is 5.75 Å². The molecule has 0 N–H and O–H groups in total. The molecule has 4 aromatic carbocycles. The van der Waals surface area contributed by atoms with Gasteiger partial charge in [0.05, 0.1) is 23.4 Å². The molecular formula is C37H30N2O5. The summed E-state index contributed by atoms with van der Waals surface area (Å²) in [5.41, 5.74) is 7.62. The van der Waals surface area contributed by atoms with Crippen LogP contribution in [0.3, 0.4) is 0 Å². The lowest BCUT2D eigenvalue weighted by molar-refractivity contribution is -0.139. The first kappa shape index (κ1) is 26.6. The van der Waals surface area contributed by atoms with Crippen molar-refractivity contribution in [2.24, 2.45) is 17.8 Å². The minimum atomic E-state index is -0.629. The summed E-state index contributed by atoms with van der Waals surface area (Å²) in [4.78, 5) is 57.4.